The number of benzene rings is 2. The summed E-state index contributed by atoms with van der Waals surface area (Å²) in [6.45, 7) is 0.0272. The van der Waals surface area contributed by atoms with Gasteiger partial charge in [0.2, 0.25) is 0 Å². The zero-order chi connectivity index (χ0) is 17.6. The van der Waals surface area contributed by atoms with Gasteiger partial charge in [-0.05, 0) is 34.2 Å². The second-order valence-electron chi connectivity index (χ2n) is 6.19. The molecule has 0 aromatic heterocycles. The number of hydroxylamine groups is 2. The van der Waals surface area contributed by atoms with Gasteiger partial charge in [0.05, 0.1) is 6.42 Å². The van der Waals surface area contributed by atoms with Gasteiger partial charge in [-0.2, -0.15) is 5.06 Å². The fourth-order valence-electron chi connectivity index (χ4n) is 3.41. The molecule has 1 fully saturated rings. The van der Waals surface area contributed by atoms with E-state index in [1.54, 1.807) is 0 Å². The summed E-state index contributed by atoms with van der Waals surface area (Å²) in [7, 11) is 0. The van der Waals surface area contributed by atoms with E-state index in [4.69, 9.17) is 4.74 Å². The van der Waals surface area contributed by atoms with Crippen LogP contribution in [0.25, 0.3) is 11.1 Å². The fourth-order valence-corrected chi connectivity index (χ4v) is 3.41. The lowest BCUT2D eigenvalue weighted by Gasteiger charge is -2.11. The molecule has 25 heavy (non-hydrogen) atoms. The minimum absolute atomic E-state index is 0.0111. The van der Waals surface area contributed by atoms with E-state index < -0.39 is 23.7 Å². The van der Waals surface area contributed by atoms with Crippen molar-refractivity contribution in [1.82, 2.24) is 5.06 Å². The second kappa shape index (κ2) is 5.82. The number of fused-ring (bicyclic) bond motifs is 3. The minimum Gasteiger partial charge on any atom is -0.460 e. The van der Waals surface area contributed by atoms with Gasteiger partial charge in [-0.1, -0.05) is 42.5 Å². The van der Waals surface area contributed by atoms with Crippen molar-refractivity contribution in [3.05, 3.63) is 59.2 Å². The molecular weight excluding hydrogens is 322 g/mol. The van der Waals surface area contributed by atoms with Crippen molar-refractivity contribution >= 4 is 17.8 Å². The van der Waals surface area contributed by atoms with E-state index in [1.165, 1.54) is 11.1 Å². The number of hydrogen-bond acceptors (Lipinski definition) is 5. The van der Waals surface area contributed by atoms with Crippen molar-refractivity contribution in [1.29, 1.82) is 0 Å². The quantitative estimate of drug-likeness (QED) is 0.342. The molecular formula is C19H15NO5. The van der Waals surface area contributed by atoms with Gasteiger partial charge in [-0.3, -0.25) is 19.6 Å². The van der Waals surface area contributed by atoms with Crippen LogP contribution in [0.1, 0.15) is 23.1 Å². The number of imide groups is 1. The predicted molar refractivity (Wildman–Crippen MR) is 86.2 cm³/mol. The van der Waals surface area contributed by atoms with Gasteiger partial charge in [-0.15, -0.1) is 0 Å². The Bertz CT molecular complexity index is 904. The van der Waals surface area contributed by atoms with Gasteiger partial charge < -0.3 is 4.74 Å². The zero-order valence-corrected chi connectivity index (χ0v) is 13.3. The van der Waals surface area contributed by atoms with Gasteiger partial charge in [0.25, 0.3) is 11.8 Å². The zero-order valence-electron chi connectivity index (χ0n) is 13.3. The molecule has 1 N–H and O–H groups in total. The molecule has 6 nitrogen and oxygen atoms in total. The molecule has 1 atom stereocenters. The molecule has 0 radical (unpaired) electrons. The summed E-state index contributed by atoms with van der Waals surface area (Å²) in [6.07, 6.45) is 0.414. The average Bonchev–Trinajstić information content (AvgIpc) is 3.13. The standard InChI is InChI=1S/C19H15NO5/c21-17-9-16(18(22)20(17)24)19(23)25-10-12-5-3-7-14-13-6-2-1-4-11(13)8-15(12)14/h1-7,16,24H,8-10H2. The number of nitrogens with zero attached hydrogens (tertiary/aromatic N) is 1. The first-order chi connectivity index (χ1) is 12.1. The Morgan fingerprint density at radius 2 is 1.88 bits per heavy atom. The molecule has 1 saturated heterocycles. The molecule has 0 spiro atoms. The molecule has 2 amide bonds. The molecule has 0 bridgehead atoms. The van der Waals surface area contributed by atoms with E-state index in [0.29, 0.717) is 0 Å². The molecule has 2 aromatic carbocycles. The monoisotopic (exact) mass is 337 g/mol. The molecule has 0 saturated carbocycles. The number of amides is 2. The van der Waals surface area contributed by atoms with E-state index in [9.17, 15) is 19.6 Å². The van der Waals surface area contributed by atoms with E-state index in [-0.39, 0.29) is 18.1 Å². The van der Waals surface area contributed by atoms with Crippen LogP contribution in [-0.2, 0) is 32.1 Å². The maximum absolute atomic E-state index is 12.1. The highest BCUT2D eigenvalue weighted by atomic mass is 16.5. The van der Waals surface area contributed by atoms with Crippen molar-refractivity contribution in [2.45, 2.75) is 19.4 Å². The van der Waals surface area contributed by atoms with Crippen LogP contribution in [0.4, 0.5) is 0 Å². The molecule has 1 aliphatic carbocycles. The van der Waals surface area contributed by atoms with E-state index in [1.807, 2.05) is 30.3 Å². The smallest absolute Gasteiger partial charge is 0.319 e. The SMILES string of the molecule is O=C(OCc1cccc2c1Cc1ccccc1-2)C1CC(=O)N(O)C1=O. The maximum Gasteiger partial charge on any atom is 0.319 e. The molecule has 2 aromatic rings. The summed E-state index contributed by atoms with van der Waals surface area (Å²) in [4.78, 5) is 35.1. The lowest BCUT2D eigenvalue weighted by atomic mass is 10.0. The summed E-state index contributed by atoms with van der Waals surface area (Å²) in [6, 6.07) is 14.0. The summed E-state index contributed by atoms with van der Waals surface area (Å²) in [5.74, 6) is -3.77. The Morgan fingerprint density at radius 3 is 2.64 bits per heavy atom. The summed E-state index contributed by atoms with van der Waals surface area (Å²) < 4.78 is 5.25. The third-order valence-electron chi connectivity index (χ3n) is 4.72. The molecule has 126 valence electrons. The van der Waals surface area contributed by atoms with E-state index in [0.717, 1.165) is 23.1 Å². The van der Waals surface area contributed by atoms with Crippen molar-refractivity contribution in [2.24, 2.45) is 5.92 Å². The highest BCUT2D eigenvalue weighted by Crippen LogP contribution is 2.38. The van der Waals surface area contributed by atoms with Gasteiger partial charge in [-0.25, -0.2) is 0 Å². The van der Waals surface area contributed by atoms with Gasteiger partial charge >= 0.3 is 5.97 Å². The van der Waals surface area contributed by atoms with Crippen LogP contribution >= 0.6 is 0 Å². The van der Waals surface area contributed by atoms with Gasteiger partial charge in [0.1, 0.15) is 12.5 Å². The highest BCUT2D eigenvalue weighted by molar-refractivity contribution is 6.11. The van der Waals surface area contributed by atoms with Crippen LogP contribution < -0.4 is 0 Å². The largest absolute Gasteiger partial charge is 0.460 e. The third kappa shape index (κ3) is 2.51. The Kier molecular flexibility index (Phi) is 3.62. The molecule has 1 heterocycles. The van der Waals surface area contributed by atoms with Gasteiger partial charge in [0, 0.05) is 0 Å². The van der Waals surface area contributed by atoms with Crippen LogP contribution in [-0.4, -0.2) is 28.1 Å². The number of esters is 1. The van der Waals surface area contributed by atoms with Crippen LogP contribution in [0.15, 0.2) is 42.5 Å². The number of ether oxygens (including phenoxy) is 1. The van der Waals surface area contributed by atoms with E-state index in [2.05, 4.69) is 12.1 Å². The van der Waals surface area contributed by atoms with Crippen LogP contribution in [0.2, 0.25) is 0 Å². The number of hydrogen-bond donors (Lipinski definition) is 1. The van der Waals surface area contributed by atoms with Crippen molar-refractivity contribution in [2.75, 3.05) is 0 Å². The third-order valence-corrected chi connectivity index (χ3v) is 4.72. The topological polar surface area (TPSA) is 83.9 Å². The lowest BCUT2D eigenvalue weighted by Crippen LogP contribution is -2.30. The van der Waals surface area contributed by atoms with Crippen molar-refractivity contribution < 1.29 is 24.3 Å². The Balaban J connectivity index is 1.51. The van der Waals surface area contributed by atoms with E-state index >= 15 is 0 Å². The Hall–Kier alpha value is -2.99. The lowest BCUT2D eigenvalue weighted by molar-refractivity contribution is -0.173. The van der Waals surface area contributed by atoms with Gasteiger partial charge in [0.15, 0.2) is 0 Å². The maximum atomic E-state index is 12.1. The summed E-state index contributed by atoms with van der Waals surface area (Å²) >= 11 is 0. The normalized spacial score (nSPS) is 18.3. The molecule has 1 unspecified atom stereocenters. The first-order valence-corrected chi connectivity index (χ1v) is 7.97. The minimum atomic E-state index is -1.26. The molecule has 1 aliphatic heterocycles. The van der Waals surface area contributed by atoms with Crippen LogP contribution in [0.3, 0.4) is 0 Å². The number of carbonyl (C=O) groups excluding carboxylic acids is 3. The fraction of sp³-hybridized carbons (Fsp3) is 0.211. The second-order valence-corrected chi connectivity index (χ2v) is 6.19. The van der Waals surface area contributed by atoms with Crippen molar-refractivity contribution in [3.63, 3.8) is 0 Å². The molecule has 6 heteroatoms. The Labute approximate surface area is 143 Å². The first-order valence-electron chi connectivity index (χ1n) is 7.97. The first kappa shape index (κ1) is 15.5. The summed E-state index contributed by atoms with van der Waals surface area (Å²) in [5.41, 5.74) is 5.51. The predicted octanol–water partition coefficient (Wildman–Crippen LogP) is 2.07. The molecule has 4 rings (SSSR count). The molecule has 2 aliphatic rings. The van der Waals surface area contributed by atoms with Crippen molar-refractivity contribution in [3.8, 4) is 11.1 Å². The van der Waals surface area contributed by atoms with Crippen LogP contribution in [0, 0.1) is 5.92 Å². The Morgan fingerprint density at radius 1 is 1.12 bits per heavy atom. The summed E-state index contributed by atoms with van der Waals surface area (Å²) in [5, 5.41) is 9.21. The number of carbonyl (C=O) groups is 3. The number of rotatable bonds is 3. The van der Waals surface area contributed by atoms with Crippen LogP contribution in [0.5, 0.6) is 0 Å². The highest BCUT2D eigenvalue weighted by Gasteiger charge is 2.43. The average molecular weight is 337 g/mol.